The predicted molar refractivity (Wildman–Crippen MR) is 121 cm³/mol. The molecular formula is C23H27N5O3S. The lowest BCUT2D eigenvalue weighted by atomic mass is 10.0. The van der Waals surface area contributed by atoms with Gasteiger partial charge in [-0.2, -0.15) is 0 Å². The van der Waals surface area contributed by atoms with Crippen LogP contribution in [0.25, 0.3) is 0 Å². The summed E-state index contributed by atoms with van der Waals surface area (Å²) in [6, 6.07) is 16.8. The van der Waals surface area contributed by atoms with E-state index in [2.05, 4.69) is 46.8 Å². The van der Waals surface area contributed by atoms with Crippen LogP contribution in [0, 0.1) is 0 Å². The summed E-state index contributed by atoms with van der Waals surface area (Å²) >= 11 is 1.38. The van der Waals surface area contributed by atoms with E-state index in [1.165, 1.54) is 22.0 Å². The Morgan fingerprint density at radius 1 is 1.09 bits per heavy atom. The van der Waals surface area contributed by atoms with Crippen molar-refractivity contribution in [2.24, 2.45) is 0 Å². The molecular weight excluding hydrogens is 426 g/mol. The third-order valence-corrected chi connectivity index (χ3v) is 5.85. The first-order valence-electron chi connectivity index (χ1n) is 10.5. The Morgan fingerprint density at radius 3 is 2.47 bits per heavy atom. The summed E-state index contributed by atoms with van der Waals surface area (Å²) in [5.74, 6) is 0.253. The Kier molecular flexibility index (Phi) is 8.38. The van der Waals surface area contributed by atoms with Crippen LogP contribution in [0.1, 0.15) is 44.2 Å². The molecule has 0 aliphatic carbocycles. The zero-order chi connectivity index (χ0) is 22.9. The Bertz CT molecular complexity index is 1020. The summed E-state index contributed by atoms with van der Waals surface area (Å²) in [5, 5.41) is 14.8. The highest BCUT2D eigenvalue weighted by atomic mass is 32.2. The molecule has 0 saturated heterocycles. The van der Waals surface area contributed by atoms with Gasteiger partial charge in [-0.25, -0.2) is 9.48 Å². The average molecular weight is 454 g/mol. The third kappa shape index (κ3) is 6.65. The molecule has 3 aromatic rings. The lowest BCUT2D eigenvalue weighted by molar-refractivity contribution is -0.122. The highest BCUT2D eigenvalue weighted by molar-refractivity contribution is 7.99. The van der Waals surface area contributed by atoms with Gasteiger partial charge < -0.3 is 10.1 Å². The SMILES string of the molecule is CCC(NC(=O)OCc1ccccc1)C(=O)Cn1nnnc1Sc1ccc(C(C)C)cc1. The number of amides is 1. The smallest absolute Gasteiger partial charge is 0.408 e. The molecule has 0 bridgehead atoms. The maximum Gasteiger partial charge on any atom is 0.408 e. The van der Waals surface area contributed by atoms with Crippen LogP contribution in [-0.4, -0.2) is 38.1 Å². The first kappa shape index (κ1) is 23.5. The number of hydrogen-bond acceptors (Lipinski definition) is 7. The minimum absolute atomic E-state index is 0.0448. The maximum atomic E-state index is 12.8. The van der Waals surface area contributed by atoms with Crippen molar-refractivity contribution in [2.45, 2.75) is 62.4 Å². The normalized spacial score (nSPS) is 11.9. The van der Waals surface area contributed by atoms with Gasteiger partial charge in [-0.15, -0.1) is 5.10 Å². The number of alkyl carbamates (subject to hydrolysis) is 1. The van der Waals surface area contributed by atoms with E-state index in [0.717, 1.165) is 10.5 Å². The van der Waals surface area contributed by atoms with Gasteiger partial charge in [-0.3, -0.25) is 4.79 Å². The van der Waals surface area contributed by atoms with Crippen molar-refractivity contribution in [3.63, 3.8) is 0 Å². The second-order valence-electron chi connectivity index (χ2n) is 7.58. The Morgan fingerprint density at radius 2 is 1.81 bits per heavy atom. The molecule has 0 radical (unpaired) electrons. The van der Waals surface area contributed by atoms with E-state index >= 15 is 0 Å². The Labute approximate surface area is 191 Å². The molecule has 0 fully saturated rings. The van der Waals surface area contributed by atoms with Gasteiger partial charge in [0.25, 0.3) is 0 Å². The summed E-state index contributed by atoms with van der Waals surface area (Å²) in [6.45, 7) is 6.21. The molecule has 1 heterocycles. The van der Waals surface area contributed by atoms with Crippen LogP contribution in [0.5, 0.6) is 0 Å². The molecule has 2 aromatic carbocycles. The van der Waals surface area contributed by atoms with E-state index in [1.807, 2.05) is 49.4 Å². The summed E-state index contributed by atoms with van der Waals surface area (Å²) in [5.41, 5.74) is 2.12. The lowest BCUT2D eigenvalue weighted by Gasteiger charge is -2.16. The zero-order valence-corrected chi connectivity index (χ0v) is 19.2. The largest absolute Gasteiger partial charge is 0.445 e. The van der Waals surface area contributed by atoms with Crippen LogP contribution in [-0.2, 0) is 22.7 Å². The van der Waals surface area contributed by atoms with Crippen molar-refractivity contribution in [1.82, 2.24) is 25.5 Å². The summed E-state index contributed by atoms with van der Waals surface area (Å²) in [6.07, 6.45) is -0.203. The highest BCUT2D eigenvalue weighted by Gasteiger charge is 2.22. The quantitative estimate of drug-likeness (QED) is 0.491. The highest BCUT2D eigenvalue weighted by Crippen LogP contribution is 2.27. The third-order valence-electron chi connectivity index (χ3n) is 4.86. The maximum absolute atomic E-state index is 12.8. The summed E-state index contributed by atoms with van der Waals surface area (Å²) < 4.78 is 6.67. The molecule has 9 heteroatoms. The monoisotopic (exact) mass is 453 g/mol. The number of benzene rings is 2. The fourth-order valence-electron chi connectivity index (χ4n) is 2.97. The van der Waals surface area contributed by atoms with Crippen molar-refractivity contribution in [3.8, 4) is 0 Å². The van der Waals surface area contributed by atoms with E-state index in [-0.39, 0.29) is 18.9 Å². The fraction of sp³-hybridized carbons (Fsp3) is 0.348. The van der Waals surface area contributed by atoms with Gasteiger partial charge >= 0.3 is 6.09 Å². The van der Waals surface area contributed by atoms with E-state index in [9.17, 15) is 9.59 Å². The molecule has 32 heavy (non-hydrogen) atoms. The van der Waals surface area contributed by atoms with E-state index in [4.69, 9.17) is 4.74 Å². The molecule has 0 aliphatic heterocycles. The number of Topliss-reactive ketones (excluding diaryl/α,β-unsaturated/α-hetero) is 1. The topological polar surface area (TPSA) is 99.0 Å². The molecule has 0 aliphatic rings. The van der Waals surface area contributed by atoms with Crippen molar-refractivity contribution >= 4 is 23.6 Å². The van der Waals surface area contributed by atoms with Crippen molar-refractivity contribution in [3.05, 3.63) is 65.7 Å². The van der Waals surface area contributed by atoms with Crippen LogP contribution in [0.15, 0.2) is 64.6 Å². The molecule has 1 atom stereocenters. The number of hydrogen-bond donors (Lipinski definition) is 1. The van der Waals surface area contributed by atoms with E-state index in [0.29, 0.717) is 17.5 Å². The number of ether oxygens (including phenoxy) is 1. The fourth-order valence-corrected chi connectivity index (χ4v) is 3.74. The van der Waals surface area contributed by atoms with Crippen molar-refractivity contribution in [1.29, 1.82) is 0 Å². The predicted octanol–water partition coefficient (Wildman–Crippen LogP) is 4.22. The molecule has 1 N–H and O–H groups in total. The minimum atomic E-state index is -0.689. The van der Waals surface area contributed by atoms with Crippen molar-refractivity contribution < 1.29 is 14.3 Å². The van der Waals surface area contributed by atoms with Gasteiger partial charge in [0.05, 0.1) is 6.04 Å². The number of nitrogens with one attached hydrogen (secondary N) is 1. The summed E-state index contributed by atoms with van der Waals surface area (Å²) in [7, 11) is 0. The number of ketones is 1. The first-order chi connectivity index (χ1) is 15.5. The number of carbonyl (C=O) groups excluding carboxylic acids is 2. The van der Waals surface area contributed by atoms with Crippen LogP contribution in [0.4, 0.5) is 4.79 Å². The standard InChI is InChI=1S/C23H27N5O3S/c1-4-20(24-23(30)31-15-17-8-6-5-7-9-17)21(29)14-28-22(25-26-27-28)32-19-12-10-18(11-13-19)16(2)3/h5-13,16,20H,4,14-15H2,1-3H3,(H,24,30). The van der Waals surface area contributed by atoms with Gasteiger partial charge in [0, 0.05) is 4.90 Å². The van der Waals surface area contributed by atoms with Crippen LogP contribution < -0.4 is 5.32 Å². The molecule has 168 valence electrons. The zero-order valence-electron chi connectivity index (χ0n) is 18.4. The van der Waals surface area contributed by atoms with Gasteiger partial charge in [0.15, 0.2) is 5.78 Å². The van der Waals surface area contributed by atoms with Crippen LogP contribution in [0.2, 0.25) is 0 Å². The minimum Gasteiger partial charge on any atom is -0.445 e. The number of carbonyl (C=O) groups is 2. The van der Waals surface area contributed by atoms with Gasteiger partial charge in [0.2, 0.25) is 5.16 Å². The number of rotatable bonds is 10. The second kappa shape index (κ2) is 11.4. The number of aromatic nitrogens is 4. The van der Waals surface area contributed by atoms with Gasteiger partial charge in [-0.05, 0) is 57.8 Å². The lowest BCUT2D eigenvalue weighted by Crippen LogP contribution is -2.42. The number of tetrazole rings is 1. The van der Waals surface area contributed by atoms with Gasteiger partial charge in [0.1, 0.15) is 13.2 Å². The van der Waals surface area contributed by atoms with E-state index in [1.54, 1.807) is 0 Å². The molecule has 8 nitrogen and oxygen atoms in total. The Balaban J connectivity index is 1.56. The first-order valence-corrected chi connectivity index (χ1v) is 11.3. The average Bonchev–Trinajstić information content (AvgIpc) is 3.23. The molecule has 1 amide bonds. The molecule has 0 spiro atoms. The molecule has 1 aromatic heterocycles. The molecule has 0 saturated carbocycles. The van der Waals surface area contributed by atoms with Crippen LogP contribution >= 0.6 is 11.8 Å². The molecule has 3 rings (SSSR count). The number of nitrogens with zero attached hydrogens (tertiary/aromatic N) is 4. The van der Waals surface area contributed by atoms with Crippen LogP contribution in [0.3, 0.4) is 0 Å². The van der Waals surface area contributed by atoms with Gasteiger partial charge in [-0.1, -0.05) is 63.2 Å². The second-order valence-corrected chi connectivity index (χ2v) is 8.62. The van der Waals surface area contributed by atoms with Crippen molar-refractivity contribution in [2.75, 3.05) is 0 Å². The molecule has 1 unspecified atom stereocenters. The van der Waals surface area contributed by atoms with E-state index < -0.39 is 12.1 Å². The Hall–Kier alpha value is -3.20. The summed E-state index contributed by atoms with van der Waals surface area (Å²) in [4.78, 5) is 25.9.